The van der Waals surface area contributed by atoms with Gasteiger partial charge >= 0.3 is 5.97 Å². The number of ether oxygens (including phenoxy) is 2. The van der Waals surface area contributed by atoms with E-state index < -0.39 is 5.97 Å². The van der Waals surface area contributed by atoms with Gasteiger partial charge in [-0.1, -0.05) is 25.0 Å². The molecule has 8 heteroatoms. The number of rotatable bonds is 6. The Balaban J connectivity index is 1.74. The van der Waals surface area contributed by atoms with Crippen LogP contribution in [0.4, 0.5) is 0 Å². The summed E-state index contributed by atoms with van der Waals surface area (Å²) >= 11 is 0. The molecule has 3 aliphatic rings. The molecule has 1 aromatic rings. The lowest BCUT2D eigenvalue weighted by atomic mass is 10.0. The summed E-state index contributed by atoms with van der Waals surface area (Å²) in [6.07, 6.45) is 8.30. The first kappa shape index (κ1) is 21.1. The summed E-state index contributed by atoms with van der Waals surface area (Å²) in [4.78, 5) is 27.1. The number of nitrogens with zero attached hydrogens (tertiary/aromatic N) is 3. The van der Waals surface area contributed by atoms with Crippen LogP contribution in [0, 0.1) is 0 Å². The van der Waals surface area contributed by atoms with E-state index in [0.29, 0.717) is 17.8 Å². The molecule has 0 spiro atoms. The predicted molar refractivity (Wildman–Crippen MR) is 117 cm³/mol. The summed E-state index contributed by atoms with van der Waals surface area (Å²) in [5.41, 5.74) is 1.86. The molecule has 0 unspecified atom stereocenters. The fourth-order valence-electron chi connectivity index (χ4n) is 4.32. The number of aromatic nitrogens is 3. The van der Waals surface area contributed by atoms with Crippen molar-refractivity contribution >= 4 is 5.97 Å². The highest BCUT2D eigenvalue weighted by Gasteiger charge is 2.25. The second-order valence-corrected chi connectivity index (χ2v) is 7.91. The van der Waals surface area contributed by atoms with Crippen LogP contribution in [0.2, 0.25) is 0 Å². The fraction of sp³-hybridized carbons (Fsp3) is 0.435. The number of aromatic amines is 1. The highest BCUT2D eigenvalue weighted by atomic mass is 16.5. The molecule has 0 radical (unpaired) electrons. The van der Waals surface area contributed by atoms with Crippen molar-refractivity contribution < 1.29 is 14.3 Å². The molecule has 0 aromatic heterocycles. The maximum Gasteiger partial charge on any atom is 0.341 e. The Bertz CT molecular complexity index is 1050. The minimum atomic E-state index is -0.512. The molecule has 0 aliphatic carbocycles. The summed E-state index contributed by atoms with van der Waals surface area (Å²) in [5.74, 6) is 0.302. The number of carbonyl (C=O) groups is 1. The molecule has 0 amide bonds. The lowest BCUT2D eigenvalue weighted by Crippen LogP contribution is -2.33. The first-order chi connectivity index (χ1) is 15.1. The Morgan fingerprint density at radius 3 is 2.45 bits per heavy atom. The number of pyridine rings is 1. The van der Waals surface area contributed by atoms with Crippen molar-refractivity contribution in [3.63, 3.8) is 0 Å². The van der Waals surface area contributed by atoms with E-state index in [0.717, 1.165) is 31.7 Å². The molecule has 1 fully saturated rings. The van der Waals surface area contributed by atoms with Gasteiger partial charge in [0.25, 0.3) is 5.56 Å². The van der Waals surface area contributed by atoms with Gasteiger partial charge < -0.3 is 14.0 Å². The predicted octanol–water partition coefficient (Wildman–Crippen LogP) is 3.09. The third-order valence-electron chi connectivity index (χ3n) is 5.99. The maximum absolute atomic E-state index is 12.3. The number of hydrogen-bond acceptors (Lipinski definition) is 6. The zero-order valence-electron chi connectivity index (χ0n) is 18.0. The van der Waals surface area contributed by atoms with Crippen LogP contribution in [0.3, 0.4) is 0 Å². The summed E-state index contributed by atoms with van der Waals surface area (Å²) in [5, 5.41) is 6.45. The summed E-state index contributed by atoms with van der Waals surface area (Å²) in [7, 11) is 2.99. The van der Waals surface area contributed by atoms with E-state index in [-0.39, 0.29) is 17.2 Å². The lowest BCUT2D eigenvalue weighted by molar-refractivity contribution is 0.0600. The second kappa shape index (κ2) is 9.34. The molecule has 4 rings (SSSR count). The number of fused-ring (bicyclic) bond motifs is 1. The largest absolute Gasteiger partial charge is 0.497 e. The van der Waals surface area contributed by atoms with Crippen molar-refractivity contribution in [3.05, 3.63) is 58.1 Å². The van der Waals surface area contributed by atoms with Gasteiger partial charge in [0, 0.05) is 18.9 Å². The maximum atomic E-state index is 12.3. The Kier molecular flexibility index (Phi) is 6.36. The smallest absolute Gasteiger partial charge is 0.341 e. The molecule has 0 saturated carbocycles. The third kappa shape index (κ3) is 4.49. The number of esters is 1. The van der Waals surface area contributed by atoms with E-state index in [4.69, 9.17) is 9.47 Å². The van der Waals surface area contributed by atoms with Gasteiger partial charge in [-0.2, -0.15) is 5.10 Å². The average Bonchev–Trinajstić information content (AvgIpc) is 3.00. The van der Waals surface area contributed by atoms with Gasteiger partial charge in [-0.15, -0.1) is 0 Å². The number of nitrogens with one attached hydrogen (secondary N) is 1. The molecule has 1 aromatic carbocycles. The van der Waals surface area contributed by atoms with Crippen molar-refractivity contribution in [2.24, 2.45) is 0 Å². The molecule has 0 bridgehead atoms. The first-order valence-corrected chi connectivity index (χ1v) is 10.6. The van der Waals surface area contributed by atoms with Gasteiger partial charge in [0.2, 0.25) is 0 Å². The molecule has 1 atom stereocenters. The van der Waals surface area contributed by atoms with E-state index in [1.807, 2.05) is 16.7 Å². The van der Waals surface area contributed by atoms with E-state index in [1.54, 1.807) is 19.5 Å². The minimum Gasteiger partial charge on any atom is -0.497 e. The van der Waals surface area contributed by atoms with Crippen LogP contribution in [-0.4, -0.2) is 52.9 Å². The molecule has 31 heavy (non-hydrogen) atoms. The van der Waals surface area contributed by atoms with Crippen LogP contribution in [0.5, 0.6) is 5.75 Å². The van der Waals surface area contributed by atoms with Crippen LogP contribution in [0.1, 0.15) is 47.6 Å². The molecular formula is C23H28N4O4. The van der Waals surface area contributed by atoms with Crippen LogP contribution in [-0.2, 0) is 11.3 Å². The van der Waals surface area contributed by atoms with Crippen molar-refractivity contribution in [3.8, 4) is 17.0 Å². The van der Waals surface area contributed by atoms with Gasteiger partial charge in [0.15, 0.2) is 0 Å². The van der Waals surface area contributed by atoms with E-state index in [9.17, 15) is 9.59 Å². The number of hydrogen-bond donors (Lipinski definition) is 1. The Morgan fingerprint density at radius 2 is 1.81 bits per heavy atom. The number of carbonyl (C=O) groups excluding carboxylic acids is 1. The first-order valence-electron chi connectivity index (χ1n) is 10.6. The summed E-state index contributed by atoms with van der Waals surface area (Å²) in [6, 6.07) is 8.22. The Hall–Kier alpha value is -3.13. The summed E-state index contributed by atoms with van der Waals surface area (Å²) in [6.45, 7) is 2.63. The normalized spacial score (nSPS) is 16.1. The van der Waals surface area contributed by atoms with Crippen LogP contribution < -0.4 is 10.3 Å². The third-order valence-corrected chi connectivity index (χ3v) is 5.99. The van der Waals surface area contributed by atoms with Crippen molar-refractivity contribution in [2.45, 2.75) is 38.3 Å². The number of likely N-dealkylation sites (tertiary alicyclic amines) is 1. The zero-order chi connectivity index (χ0) is 21.8. The van der Waals surface area contributed by atoms with E-state index in [1.165, 1.54) is 25.5 Å². The topological polar surface area (TPSA) is 89.5 Å². The van der Waals surface area contributed by atoms with Gasteiger partial charge in [-0.05, 0) is 43.6 Å². The minimum absolute atomic E-state index is 0.0963. The lowest BCUT2D eigenvalue weighted by Gasteiger charge is -2.32. The van der Waals surface area contributed by atoms with Crippen molar-refractivity contribution in [1.29, 1.82) is 0 Å². The summed E-state index contributed by atoms with van der Waals surface area (Å²) < 4.78 is 12.2. The average molecular weight is 425 g/mol. The number of methoxy groups -OCH3 is 2. The Morgan fingerprint density at radius 1 is 1.10 bits per heavy atom. The Labute approximate surface area is 181 Å². The highest BCUT2D eigenvalue weighted by molar-refractivity contribution is 5.95. The standard InChI is InChI=1S/C23H28N4O4/c1-30-17-9-7-16(8-10-17)20(27-11-5-3-4-6-12-27)15-26-13-18-21(24-25-22(18)28)19(14-26)23(29)31-2/h7-10,13-14,20H,3-6,11-12,15H2,1-2H3,(H,25,28)/t20-/m0/s1. The van der Waals surface area contributed by atoms with Crippen LogP contribution in [0.25, 0.3) is 11.3 Å². The SMILES string of the molecule is COC(=O)c1cn(C[C@@H](c2ccc(OC)cc2)N2CCCCCC2)cc2c(=O)[nH]nc1-2. The molecule has 164 valence electrons. The molecule has 3 heterocycles. The quantitative estimate of drug-likeness (QED) is 0.612. The highest BCUT2D eigenvalue weighted by Crippen LogP contribution is 2.29. The monoisotopic (exact) mass is 424 g/mol. The fourth-order valence-corrected chi connectivity index (χ4v) is 4.32. The van der Waals surface area contributed by atoms with Gasteiger partial charge in [0.1, 0.15) is 17.0 Å². The molecule has 3 aliphatic heterocycles. The molecule has 8 nitrogen and oxygen atoms in total. The molecule has 1 saturated heterocycles. The zero-order valence-corrected chi connectivity index (χ0v) is 18.0. The number of benzene rings is 1. The number of H-pyrrole nitrogens is 1. The molecule has 1 N–H and O–H groups in total. The van der Waals surface area contributed by atoms with E-state index in [2.05, 4.69) is 27.2 Å². The van der Waals surface area contributed by atoms with E-state index >= 15 is 0 Å². The van der Waals surface area contributed by atoms with Crippen LogP contribution in [0.15, 0.2) is 41.5 Å². The van der Waals surface area contributed by atoms with Gasteiger partial charge in [-0.3, -0.25) is 9.69 Å². The second-order valence-electron chi connectivity index (χ2n) is 7.91. The van der Waals surface area contributed by atoms with Crippen molar-refractivity contribution in [2.75, 3.05) is 27.3 Å². The van der Waals surface area contributed by atoms with Crippen molar-refractivity contribution in [1.82, 2.24) is 19.7 Å². The van der Waals surface area contributed by atoms with Gasteiger partial charge in [0.05, 0.1) is 25.8 Å². The van der Waals surface area contributed by atoms with Crippen LogP contribution >= 0.6 is 0 Å². The molecular weight excluding hydrogens is 396 g/mol. The van der Waals surface area contributed by atoms with Gasteiger partial charge in [-0.25, -0.2) is 9.89 Å².